The van der Waals surface area contributed by atoms with Crippen molar-refractivity contribution in [3.63, 3.8) is 0 Å². The Labute approximate surface area is 122 Å². The van der Waals surface area contributed by atoms with E-state index in [4.69, 9.17) is 5.73 Å². The highest BCUT2D eigenvalue weighted by Gasteiger charge is 2.14. The number of nitrogens with one attached hydrogen (secondary N) is 1. The van der Waals surface area contributed by atoms with Gasteiger partial charge in [-0.2, -0.15) is 0 Å². The van der Waals surface area contributed by atoms with Crippen LogP contribution in [-0.2, 0) is 0 Å². The predicted molar refractivity (Wildman–Crippen MR) is 79.1 cm³/mol. The van der Waals surface area contributed by atoms with E-state index in [1.807, 2.05) is 0 Å². The van der Waals surface area contributed by atoms with Gasteiger partial charge < -0.3 is 5.73 Å². The second kappa shape index (κ2) is 6.83. The van der Waals surface area contributed by atoms with E-state index >= 15 is 0 Å². The number of carbonyl (C=O) groups is 1. The Kier molecular flexibility index (Phi) is 4.86. The standard InChI is InChI=1S/C14H18N4O3/c15-14(16-11-4-2-1-3-5-11)17-13(19)10-6-8-12(9-7-10)18(20)21/h6-9,11H,1-5H2,(H3,15,16,17,19). The molecular weight excluding hydrogens is 272 g/mol. The third-order valence-corrected chi connectivity index (χ3v) is 3.48. The van der Waals surface area contributed by atoms with Crippen LogP contribution in [0.25, 0.3) is 0 Å². The van der Waals surface area contributed by atoms with Crippen LogP contribution in [0.3, 0.4) is 0 Å². The lowest BCUT2D eigenvalue weighted by atomic mass is 9.96. The first-order chi connectivity index (χ1) is 10.1. The maximum absolute atomic E-state index is 11.9. The highest BCUT2D eigenvalue weighted by molar-refractivity contribution is 6.05. The van der Waals surface area contributed by atoms with Gasteiger partial charge >= 0.3 is 0 Å². The van der Waals surface area contributed by atoms with E-state index in [0.29, 0.717) is 5.56 Å². The van der Waals surface area contributed by atoms with E-state index in [1.54, 1.807) is 0 Å². The van der Waals surface area contributed by atoms with Crippen LogP contribution in [0.15, 0.2) is 29.3 Å². The van der Waals surface area contributed by atoms with Gasteiger partial charge in [-0.25, -0.2) is 4.99 Å². The van der Waals surface area contributed by atoms with Gasteiger partial charge in [0.1, 0.15) is 0 Å². The van der Waals surface area contributed by atoms with Crippen LogP contribution in [0, 0.1) is 10.1 Å². The maximum atomic E-state index is 11.9. The van der Waals surface area contributed by atoms with Crippen molar-refractivity contribution < 1.29 is 9.72 Å². The monoisotopic (exact) mass is 290 g/mol. The Hall–Kier alpha value is -2.44. The van der Waals surface area contributed by atoms with Crippen molar-refractivity contribution in [1.29, 1.82) is 0 Å². The van der Waals surface area contributed by atoms with E-state index < -0.39 is 10.8 Å². The van der Waals surface area contributed by atoms with E-state index in [-0.39, 0.29) is 17.7 Å². The fourth-order valence-electron chi connectivity index (χ4n) is 2.36. The predicted octanol–water partition coefficient (Wildman–Crippen LogP) is 1.97. The number of hydrogen-bond donors (Lipinski definition) is 2. The van der Waals surface area contributed by atoms with Gasteiger partial charge in [-0.3, -0.25) is 20.2 Å². The van der Waals surface area contributed by atoms with Crippen molar-refractivity contribution in [2.75, 3.05) is 0 Å². The van der Waals surface area contributed by atoms with Crippen LogP contribution in [0.2, 0.25) is 0 Å². The number of rotatable bonds is 3. The second-order valence-corrected chi connectivity index (χ2v) is 5.06. The lowest BCUT2D eigenvalue weighted by Crippen LogP contribution is -2.38. The first-order valence-electron chi connectivity index (χ1n) is 6.95. The molecule has 1 amide bonds. The molecular formula is C14H18N4O3. The minimum absolute atomic E-state index is 0.0598. The summed E-state index contributed by atoms with van der Waals surface area (Å²) in [5, 5.41) is 13.1. The van der Waals surface area contributed by atoms with Crippen LogP contribution >= 0.6 is 0 Å². The summed E-state index contributed by atoms with van der Waals surface area (Å²) in [4.78, 5) is 26.3. The minimum Gasteiger partial charge on any atom is -0.370 e. The molecule has 1 aromatic carbocycles. The molecule has 1 saturated carbocycles. The molecule has 1 fully saturated rings. The number of nitro groups is 1. The maximum Gasteiger partial charge on any atom is 0.269 e. The van der Waals surface area contributed by atoms with Crippen LogP contribution < -0.4 is 11.1 Å². The summed E-state index contributed by atoms with van der Waals surface area (Å²) in [5.41, 5.74) is 5.98. The molecule has 0 atom stereocenters. The van der Waals surface area contributed by atoms with Gasteiger partial charge in [0.15, 0.2) is 5.96 Å². The molecule has 1 aliphatic carbocycles. The molecule has 7 heteroatoms. The molecule has 0 unspecified atom stereocenters. The van der Waals surface area contributed by atoms with Crippen LogP contribution in [0.5, 0.6) is 0 Å². The Bertz CT molecular complexity index is 548. The number of nitrogens with two attached hydrogens (primary N) is 1. The number of amides is 1. The molecule has 0 aliphatic heterocycles. The summed E-state index contributed by atoms with van der Waals surface area (Å²) in [5.74, 6) is -0.313. The molecule has 3 N–H and O–H groups in total. The van der Waals surface area contributed by atoms with Crippen LogP contribution in [-0.4, -0.2) is 22.8 Å². The molecule has 112 valence electrons. The topological polar surface area (TPSA) is 111 Å². The molecule has 0 heterocycles. The summed E-state index contributed by atoms with van der Waals surface area (Å²) >= 11 is 0. The average Bonchev–Trinajstić information content (AvgIpc) is 2.48. The Morgan fingerprint density at radius 2 is 1.86 bits per heavy atom. The van der Waals surface area contributed by atoms with Gasteiger partial charge in [-0.15, -0.1) is 0 Å². The fraction of sp³-hybridized carbons (Fsp3) is 0.429. The van der Waals surface area contributed by atoms with E-state index in [0.717, 1.165) is 25.7 Å². The zero-order valence-electron chi connectivity index (χ0n) is 11.6. The van der Waals surface area contributed by atoms with Gasteiger partial charge in [0, 0.05) is 17.7 Å². The molecule has 7 nitrogen and oxygen atoms in total. The summed E-state index contributed by atoms with van der Waals surface area (Å²) in [6.45, 7) is 0. The smallest absolute Gasteiger partial charge is 0.269 e. The Morgan fingerprint density at radius 3 is 2.43 bits per heavy atom. The van der Waals surface area contributed by atoms with Crippen molar-refractivity contribution in [3.8, 4) is 0 Å². The van der Waals surface area contributed by atoms with Gasteiger partial charge in [0.2, 0.25) is 0 Å². The first-order valence-corrected chi connectivity index (χ1v) is 6.95. The second-order valence-electron chi connectivity index (χ2n) is 5.06. The largest absolute Gasteiger partial charge is 0.370 e. The molecule has 2 rings (SSSR count). The summed E-state index contributed by atoms with van der Waals surface area (Å²) in [6.07, 6.45) is 5.48. The van der Waals surface area contributed by atoms with Gasteiger partial charge in [-0.05, 0) is 25.0 Å². The number of carbonyl (C=O) groups excluding carboxylic acids is 1. The lowest BCUT2D eigenvalue weighted by Gasteiger charge is -2.18. The van der Waals surface area contributed by atoms with Crippen LogP contribution in [0.4, 0.5) is 5.69 Å². The van der Waals surface area contributed by atoms with E-state index in [1.165, 1.54) is 30.7 Å². The van der Waals surface area contributed by atoms with E-state index in [2.05, 4.69) is 10.3 Å². The average molecular weight is 290 g/mol. The fourth-order valence-corrected chi connectivity index (χ4v) is 2.36. The summed E-state index contributed by atoms with van der Waals surface area (Å²) < 4.78 is 0. The first kappa shape index (κ1) is 15.0. The van der Waals surface area contributed by atoms with Crippen molar-refractivity contribution in [2.45, 2.75) is 38.1 Å². The molecule has 0 bridgehead atoms. The molecule has 0 radical (unpaired) electrons. The number of hydrogen-bond acceptors (Lipinski definition) is 4. The summed E-state index contributed by atoms with van der Waals surface area (Å²) in [7, 11) is 0. The normalized spacial score (nSPS) is 16.5. The number of nitrogens with zero attached hydrogens (tertiary/aromatic N) is 2. The zero-order chi connectivity index (χ0) is 15.2. The molecule has 1 aromatic rings. The van der Waals surface area contributed by atoms with Crippen molar-refractivity contribution in [2.24, 2.45) is 10.7 Å². The quantitative estimate of drug-likeness (QED) is 0.383. The van der Waals surface area contributed by atoms with Gasteiger partial charge in [0.25, 0.3) is 11.6 Å². The number of nitro benzene ring substituents is 1. The number of non-ortho nitro benzene ring substituents is 1. The van der Waals surface area contributed by atoms with Gasteiger partial charge in [0.05, 0.1) is 11.0 Å². The van der Waals surface area contributed by atoms with Crippen LogP contribution in [0.1, 0.15) is 42.5 Å². The third kappa shape index (κ3) is 4.27. The lowest BCUT2D eigenvalue weighted by molar-refractivity contribution is -0.384. The molecule has 0 saturated heterocycles. The Morgan fingerprint density at radius 1 is 1.24 bits per heavy atom. The zero-order valence-corrected chi connectivity index (χ0v) is 11.6. The van der Waals surface area contributed by atoms with E-state index in [9.17, 15) is 14.9 Å². The minimum atomic E-state index is -0.513. The SMILES string of the molecule is NC(=NC1CCCCC1)NC(=O)c1ccc([N+](=O)[O-])cc1. The molecule has 1 aliphatic rings. The highest BCUT2D eigenvalue weighted by atomic mass is 16.6. The Balaban J connectivity index is 1.96. The van der Waals surface area contributed by atoms with Crippen molar-refractivity contribution >= 4 is 17.6 Å². The molecule has 0 spiro atoms. The van der Waals surface area contributed by atoms with Gasteiger partial charge in [-0.1, -0.05) is 19.3 Å². The van der Waals surface area contributed by atoms with Crippen molar-refractivity contribution in [1.82, 2.24) is 5.32 Å². The number of aliphatic imine (C=N–C) groups is 1. The summed E-state index contributed by atoms with van der Waals surface area (Å²) in [6, 6.07) is 5.52. The number of guanidine groups is 1. The molecule has 21 heavy (non-hydrogen) atoms. The highest BCUT2D eigenvalue weighted by Crippen LogP contribution is 2.20. The molecule has 0 aromatic heterocycles. The third-order valence-electron chi connectivity index (χ3n) is 3.48. The van der Waals surface area contributed by atoms with Crippen molar-refractivity contribution in [3.05, 3.63) is 39.9 Å². The number of benzene rings is 1.